The van der Waals surface area contributed by atoms with Gasteiger partial charge < -0.3 is 10.6 Å². The van der Waals surface area contributed by atoms with Gasteiger partial charge in [0.2, 0.25) is 0 Å². The predicted molar refractivity (Wildman–Crippen MR) is 98.5 cm³/mol. The van der Waals surface area contributed by atoms with Gasteiger partial charge in [-0.3, -0.25) is 0 Å². The molecule has 23 heavy (non-hydrogen) atoms. The minimum absolute atomic E-state index is 0.0333. The summed E-state index contributed by atoms with van der Waals surface area (Å²) in [6.07, 6.45) is 1.20. The minimum atomic E-state index is -3.17. The third-order valence-corrected chi connectivity index (χ3v) is 4.81. The third kappa shape index (κ3) is 5.04. The van der Waals surface area contributed by atoms with Crippen molar-refractivity contribution in [1.29, 1.82) is 0 Å². The lowest BCUT2D eigenvalue weighted by Crippen LogP contribution is -2.30. The minimum Gasteiger partial charge on any atom is -0.356 e. The van der Waals surface area contributed by atoms with Crippen molar-refractivity contribution < 1.29 is 8.42 Å². The molecule has 0 saturated carbocycles. The van der Waals surface area contributed by atoms with Gasteiger partial charge in [0.25, 0.3) is 0 Å². The SMILES string of the molecule is Cc1ccc(NC(=S)N[C@@H](C)c2ccc(S(C)(=O)=O)cc2)cc1. The first-order valence-corrected chi connectivity index (χ1v) is 9.50. The highest BCUT2D eigenvalue weighted by Gasteiger charge is 2.10. The van der Waals surface area contributed by atoms with Crippen LogP contribution in [0.2, 0.25) is 0 Å². The van der Waals surface area contributed by atoms with E-state index in [-0.39, 0.29) is 6.04 Å². The van der Waals surface area contributed by atoms with Gasteiger partial charge in [0.1, 0.15) is 0 Å². The molecule has 0 radical (unpaired) electrons. The summed E-state index contributed by atoms with van der Waals surface area (Å²) in [5, 5.41) is 6.84. The number of rotatable bonds is 4. The lowest BCUT2D eigenvalue weighted by molar-refractivity contribution is 0.601. The molecule has 2 rings (SSSR count). The topological polar surface area (TPSA) is 58.2 Å². The van der Waals surface area contributed by atoms with Gasteiger partial charge in [-0.25, -0.2) is 8.42 Å². The molecule has 6 heteroatoms. The number of hydrogen-bond donors (Lipinski definition) is 2. The van der Waals surface area contributed by atoms with Crippen molar-refractivity contribution in [3.8, 4) is 0 Å². The van der Waals surface area contributed by atoms with Gasteiger partial charge >= 0.3 is 0 Å². The Morgan fingerprint density at radius 2 is 1.61 bits per heavy atom. The molecule has 122 valence electrons. The molecule has 0 unspecified atom stereocenters. The largest absolute Gasteiger partial charge is 0.356 e. The summed E-state index contributed by atoms with van der Waals surface area (Å²) in [5.41, 5.74) is 3.08. The lowest BCUT2D eigenvalue weighted by atomic mass is 10.1. The molecule has 2 aromatic carbocycles. The van der Waals surface area contributed by atoms with Crippen LogP contribution >= 0.6 is 12.2 Å². The Hall–Kier alpha value is -1.92. The standard InChI is InChI=1S/C17H20N2O2S2/c1-12-4-8-15(9-5-12)19-17(22)18-13(2)14-6-10-16(11-7-14)23(3,20)21/h4-11,13H,1-3H3,(H2,18,19,22)/t13-/m0/s1. The van der Waals surface area contributed by atoms with Gasteiger partial charge in [0, 0.05) is 11.9 Å². The van der Waals surface area contributed by atoms with Crippen molar-refractivity contribution in [2.24, 2.45) is 0 Å². The average molecular weight is 348 g/mol. The summed E-state index contributed by atoms with van der Waals surface area (Å²) in [6.45, 7) is 4.00. The Morgan fingerprint density at radius 1 is 1.04 bits per heavy atom. The van der Waals surface area contributed by atoms with Crippen LogP contribution in [-0.4, -0.2) is 19.8 Å². The Kier molecular flexibility index (Phi) is 5.38. The molecule has 0 aliphatic carbocycles. The summed E-state index contributed by atoms with van der Waals surface area (Å²) in [7, 11) is -3.17. The molecule has 0 aliphatic heterocycles. The van der Waals surface area contributed by atoms with Crippen molar-refractivity contribution in [2.75, 3.05) is 11.6 Å². The van der Waals surface area contributed by atoms with Gasteiger partial charge in [-0.05, 0) is 55.9 Å². The van der Waals surface area contributed by atoms with Crippen LogP contribution in [0.4, 0.5) is 5.69 Å². The third-order valence-electron chi connectivity index (χ3n) is 3.47. The van der Waals surface area contributed by atoms with Gasteiger partial charge in [0.05, 0.1) is 10.9 Å². The number of benzene rings is 2. The zero-order valence-electron chi connectivity index (χ0n) is 13.3. The molecule has 4 nitrogen and oxygen atoms in total. The van der Waals surface area contributed by atoms with E-state index >= 15 is 0 Å². The zero-order valence-corrected chi connectivity index (χ0v) is 15.0. The Bertz CT molecular complexity index is 782. The van der Waals surface area contributed by atoms with Gasteiger partial charge in [-0.15, -0.1) is 0 Å². The maximum atomic E-state index is 11.5. The monoisotopic (exact) mass is 348 g/mol. The highest BCUT2D eigenvalue weighted by molar-refractivity contribution is 7.90. The Labute approximate surface area is 142 Å². The van der Waals surface area contributed by atoms with Crippen LogP contribution in [-0.2, 0) is 9.84 Å². The van der Waals surface area contributed by atoms with Crippen LogP contribution in [0.25, 0.3) is 0 Å². The van der Waals surface area contributed by atoms with E-state index in [4.69, 9.17) is 12.2 Å². The first-order chi connectivity index (χ1) is 10.8. The van der Waals surface area contributed by atoms with E-state index in [0.717, 1.165) is 11.3 Å². The molecule has 0 aliphatic rings. The highest BCUT2D eigenvalue weighted by atomic mass is 32.2. The summed E-state index contributed by atoms with van der Waals surface area (Å²) in [5.74, 6) is 0. The molecule has 0 amide bonds. The van der Waals surface area contributed by atoms with E-state index in [1.54, 1.807) is 24.3 Å². The second-order valence-corrected chi connectivity index (χ2v) is 7.95. The van der Waals surface area contributed by atoms with Crippen LogP contribution in [0.15, 0.2) is 53.4 Å². The van der Waals surface area contributed by atoms with Crippen LogP contribution < -0.4 is 10.6 Å². The maximum absolute atomic E-state index is 11.5. The molecular formula is C17H20N2O2S2. The van der Waals surface area contributed by atoms with Crippen molar-refractivity contribution in [2.45, 2.75) is 24.8 Å². The lowest BCUT2D eigenvalue weighted by Gasteiger charge is -2.17. The fourth-order valence-corrected chi connectivity index (χ4v) is 3.01. The number of thiocarbonyl (C=S) groups is 1. The highest BCUT2D eigenvalue weighted by Crippen LogP contribution is 2.16. The molecule has 0 saturated heterocycles. The van der Waals surface area contributed by atoms with E-state index < -0.39 is 9.84 Å². The van der Waals surface area contributed by atoms with Gasteiger partial charge in [-0.2, -0.15) is 0 Å². The van der Waals surface area contributed by atoms with Crippen molar-refractivity contribution in [3.05, 3.63) is 59.7 Å². The molecule has 1 atom stereocenters. The number of aryl methyl sites for hydroxylation is 1. The van der Waals surface area contributed by atoms with E-state index in [2.05, 4.69) is 10.6 Å². The molecule has 0 aromatic heterocycles. The van der Waals surface area contributed by atoms with Gasteiger partial charge in [0.15, 0.2) is 14.9 Å². The summed E-state index contributed by atoms with van der Waals surface area (Å²) in [6, 6.07) is 14.7. The van der Waals surface area contributed by atoms with Crippen molar-refractivity contribution in [3.63, 3.8) is 0 Å². The normalized spacial score (nSPS) is 12.5. The van der Waals surface area contributed by atoms with Crippen LogP contribution in [0.3, 0.4) is 0 Å². The van der Waals surface area contributed by atoms with Crippen molar-refractivity contribution in [1.82, 2.24) is 5.32 Å². The Balaban J connectivity index is 1.99. The van der Waals surface area contributed by atoms with E-state index in [1.807, 2.05) is 38.1 Å². The number of nitrogens with one attached hydrogen (secondary N) is 2. The van der Waals surface area contributed by atoms with E-state index in [9.17, 15) is 8.42 Å². The van der Waals surface area contributed by atoms with Crippen LogP contribution in [0.5, 0.6) is 0 Å². The second-order valence-electron chi connectivity index (χ2n) is 5.53. The molecule has 0 fully saturated rings. The van der Waals surface area contributed by atoms with Crippen molar-refractivity contribution >= 4 is 32.9 Å². The molecule has 0 heterocycles. The van der Waals surface area contributed by atoms with Crippen LogP contribution in [0, 0.1) is 6.92 Å². The predicted octanol–water partition coefficient (Wildman–Crippen LogP) is 3.45. The molecule has 0 bridgehead atoms. The first kappa shape index (κ1) is 17.4. The zero-order chi connectivity index (χ0) is 17.0. The second kappa shape index (κ2) is 7.10. The van der Waals surface area contributed by atoms with Crippen LogP contribution in [0.1, 0.15) is 24.1 Å². The summed E-state index contributed by atoms with van der Waals surface area (Å²) < 4.78 is 22.9. The molecular weight excluding hydrogens is 328 g/mol. The average Bonchev–Trinajstić information content (AvgIpc) is 2.49. The quantitative estimate of drug-likeness (QED) is 0.829. The van der Waals surface area contributed by atoms with E-state index in [1.165, 1.54) is 11.8 Å². The van der Waals surface area contributed by atoms with E-state index in [0.29, 0.717) is 10.0 Å². The summed E-state index contributed by atoms with van der Waals surface area (Å²) >= 11 is 5.31. The fraction of sp³-hybridized carbons (Fsp3) is 0.235. The number of sulfone groups is 1. The number of anilines is 1. The molecule has 2 N–H and O–H groups in total. The maximum Gasteiger partial charge on any atom is 0.175 e. The van der Waals surface area contributed by atoms with Gasteiger partial charge in [-0.1, -0.05) is 29.8 Å². The first-order valence-electron chi connectivity index (χ1n) is 7.20. The summed E-state index contributed by atoms with van der Waals surface area (Å²) in [4.78, 5) is 0.314. The Morgan fingerprint density at radius 3 is 2.13 bits per heavy atom. The molecule has 2 aromatic rings. The smallest absolute Gasteiger partial charge is 0.175 e. The molecule has 0 spiro atoms. The fourth-order valence-electron chi connectivity index (χ4n) is 2.09. The number of hydrogen-bond acceptors (Lipinski definition) is 3.